The Kier molecular flexibility index (Phi) is 5.48. The fourth-order valence-corrected chi connectivity index (χ4v) is 7.64. The van der Waals surface area contributed by atoms with Crippen molar-refractivity contribution in [2.45, 2.75) is 48.3 Å². The number of rotatable bonds is 4. The molecule has 0 bridgehead atoms. The molecular formula is C20H26N2O4S2. The topological polar surface area (TPSA) is 74.8 Å². The molecule has 28 heavy (non-hydrogen) atoms. The molecule has 2 saturated heterocycles. The molecule has 2 aromatic carbocycles. The number of hydrogen-bond acceptors (Lipinski definition) is 4. The van der Waals surface area contributed by atoms with E-state index in [1.807, 2.05) is 0 Å². The lowest BCUT2D eigenvalue weighted by Gasteiger charge is -2.27. The van der Waals surface area contributed by atoms with Crippen LogP contribution in [0.2, 0.25) is 0 Å². The average molecular weight is 423 g/mol. The lowest BCUT2D eigenvalue weighted by atomic mass is 10.1. The summed E-state index contributed by atoms with van der Waals surface area (Å²) >= 11 is 0. The first kappa shape index (κ1) is 19.8. The van der Waals surface area contributed by atoms with Crippen LogP contribution in [0.15, 0.2) is 46.2 Å². The highest BCUT2D eigenvalue weighted by atomic mass is 32.2. The summed E-state index contributed by atoms with van der Waals surface area (Å²) in [5, 5.41) is 0.956. The van der Waals surface area contributed by atoms with E-state index in [2.05, 4.69) is 0 Å². The summed E-state index contributed by atoms with van der Waals surface area (Å²) in [4.78, 5) is 0.394. The lowest BCUT2D eigenvalue weighted by Crippen LogP contribution is -2.36. The molecule has 0 atom stereocenters. The zero-order valence-electron chi connectivity index (χ0n) is 15.9. The van der Waals surface area contributed by atoms with Gasteiger partial charge in [0.15, 0.2) is 0 Å². The van der Waals surface area contributed by atoms with Crippen LogP contribution < -0.4 is 0 Å². The number of nitrogens with zero attached hydrogens (tertiary/aromatic N) is 2. The van der Waals surface area contributed by atoms with Crippen molar-refractivity contribution in [2.24, 2.45) is 0 Å². The van der Waals surface area contributed by atoms with Gasteiger partial charge in [-0.15, -0.1) is 0 Å². The van der Waals surface area contributed by atoms with Crippen molar-refractivity contribution in [1.29, 1.82) is 0 Å². The third kappa shape index (κ3) is 3.47. The number of fused-ring (bicyclic) bond motifs is 1. The summed E-state index contributed by atoms with van der Waals surface area (Å²) in [6.07, 6.45) is 5.52. The van der Waals surface area contributed by atoms with Gasteiger partial charge in [0, 0.05) is 37.0 Å². The molecule has 0 aliphatic carbocycles. The summed E-state index contributed by atoms with van der Waals surface area (Å²) in [5.74, 6) is 0. The van der Waals surface area contributed by atoms with Crippen LogP contribution in [0, 0.1) is 0 Å². The first-order valence-electron chi connectivity index (χ1n) is 9.94. The van der Waals surface area contributed by atoms with Crippen molar-refractivity contribution >= 4 is 30.8 Å². The molecule has 4 rings (SSSR count). The fourth-order valence-electron chi connectivity index (χ4n) is 4.19. The van der Waals surface area contributed by atoms with Gasteiger partial charge in [-0.3, -0.25) is 0 Å². The smallest absolute Gasteiger partial charge is 0.207 e. The van der Waals surface area contributed by atoms with E-state index < -0.39 is 20.0 Å². The minimum atomic E-state index is -3.65. The molecular weight excluding hydrogens is 396 g/mol. The van der Waals surface area contributed by atoms with Crippen LogP contribution in [0.25, 0.3) is 10.8 Å². The maximum atomic E-state index is 13.2. The van der Waals surface area contributed by atoms with E-state index in [9.17, 15) is 16.8 Å². The molecule has 6 nitrogen and oxygen atoms in total. The molecule has 2 aliphatic heterocycles. The normalized spacial score (nSPS) is 20.4. The lowest BCUT2D eigenvalue weighted by molar-refractivity contribution is 0.346. The van der Waals surface area contributed by atoms with Crippen molar-refractivity contribution in [3.05, 3.63) is 36.4 Å². The highest BCUT2D eigenvalue weighted by molar-refractivity contribution is 7.89. The SMILES string of the molecule is O=S(=O)(c1cccc2c(S(=O)(=O)N3CCCCC3)cccc12)N1CCCCC1. The van der Waals surface area contributed by atoms with E-state index in [0.29, 0.717) is 37.0 Å². The van der Waals surface area contributed by atoms with Crippen LogP contribution in [0.3, 0.4) is 0 Å². The molecule has 2 fully saturated rings. The Bertz CT molecular complexity index is 981. The van der Waals surface area contributed by atoms with Crippen molar-refractivity contribution in [3.8, 4) is 0 Å². The van der Waals surface area contributed by atoms with Crippen LogP contribution in [-0.2, 0) is 20.0 Å². The van der Waals surface area contributed by atoms with E-state index in [1.165, 1.54) is 8.61 Å². The van der Waals surface area contributed by atoms with Crippen molar-refractivity contribution in [3.63, 3.8) is 0 Å². The Morgan fingerprint density at radius 2 is 0.893 bits per heavy atom. The zero-order valence-corrected chi connectivity index (χ0v) is 17.5. The molecule has 2 aliphatic rings. The first-order valence-corrected chi connectivity index (χ1v) is 12.8. The highest BCUT2D eigenvalue weighted by Crippen LogP contribution is 2.33. The van der Waals surface area contributed by atoms with Crippen LogP contribution >= 0.6 is 0 Å². The van der Waals surface area contributed by atoms with Gasteiger partial charge >= 0.3 is 0 Å². The molecule has 0 saturated carbocycles. The summed E-state index contributed by atoms with van der Waals surface area (Å²) in [5.41, 5.74) is 0. The second-order valence-corrected chi connectivity index (χ2v) is 11.3. The van der Waals surface area contributed by atoms with Gasteiger partial charge < -0.3 is 0 Å². The maximum absolute atomic E-state index is 13.2. The molecule has 2 heterocycles. The average Bonchev–Trinajstić information content (AvgIpc) is 2.74. The van der Waals surface area contributed by atoms with Gasteiger partial charge in [-0.1, -0.05) is 37.1 Å². The molecule has 0 radical (unpaired) electrons. The monoisotopic (exact) mass is 422 g/mol. The fraction of sp³-hybridized carbons (Fsp3) is 0.500. The largest absolute Gasteiger partial charge is 0.243 e. The van der Waals surface area contributed by atoms with Gasteiger partial charge in [0.25, 0.3) is 0 Å². The van der Waals surface area contributed by atoms with E-state index in [0.717, 1.165) is 38.5 Å². The zero-order chi connectivity index (χ0) is 19.8. The molecule has 152 valence electrons. The minimum Gasteiger partial charge on any atom is -0.207 e. The number of benzene rings is 2. The third-order valence-corrected chi connectivity index (χ3v) is 9.62. The van der Waals surface area contributed by atoms with Gasteiger partial charge in [0.05, 0.1) is 9.79 Å². The Morgan fingerprint density at radius 1 is 0.536 bits per heavy atom. The van der Waals surface area contributed by atoms with Gasteiger partial charge in [0.1, 0.15) is 0 Å². The van der Waals surface area contributed by atoms with Crippen LogP contribution in [-0.4, -0.2) is 51.6 Å². The van der Waals surface area contributed by atoms with Gasteiger partial charge in [-0.05, 0) is 37.8 Å². The number of hydrogen-bond donors (Lipinski definition) is 0. The quantitative estimate of drug-likeness (QED) is 0.758. The molecule has 0 N–H and O–H groups in total. The number of piperidine rings is 2. The summed E-state index contributed by atoms with van der Waals surface area (Å²) < 4.78 is 56.0. The van der Waals surface area contributed by atoms with Crippen molar-refractivity contribution < 1.29 is 16.8 Å². The molecule has 8 heteroatoms. The Balaban J connectivity index is 1.83. The predicted octanol–water partition coefficient (Wildman–Crippen LogP) is 3.19. The Hall–Kier alpha value is -1.48. The third-order valence-electron chi connectivity index (χ3n) is 5.71. The molecule has 0 spiro atoms. The Labute approximate surface area is 167 Å². The van der Waals surface area contributed by atoms with E-state index in [4.69, 9.17) is 0 Å². The maximum Gasteiger partial charge on any atom is 0.243 e. The van der Waals surface area contributed by atoms with Crippen LogP contribution in [0.1, 0.15) is 38.5 Å². The molecule has 0 amide bonds. The Morgan fingerprint density at radius 3 is 1.25 bits per heavy atom. The highest BCUT2D eigenvalue weighted by Gasteiger charge is 2.31. The summed E-state index contributed by atoms with van der Waals surface area (Å²) in [6, 6.07) is 9.89. The molecule has 0 aromatic heterocycles. The summed E-state index contributed by atoms with van der Waals surface area (Å²) in [7, 11) is -7.30. The van der Waals surface area contributed by atoms with Crippen molar-refractivity contribution in [1.82, 2.24) is 8.61 Å². The second-order valence-electron chi connectivity index (χ2n) is 7.54. The first-order chi connectivity index (χ1) is 13.4. The van der Waals surface area contributed by atoms with Gasteiger partial charge in [0.2, 0.25) is 20.0 Å². The summed E-state index contributed by atoms with van der Waals surface area (Å²) in [6.45, 7) is 2.07. The van der Waals surface area contributed by atoms with E-state index >= 15 is 0 Å². The molecule has 2 aromatic rings. The minimum absolute atomic E-state index is 0.197. The van der Waals surface area contributed by atoms with Crippen LogP contribution in [0.4, 0.5) is 0 Å². The standard InChI is InChI=1S/C20H26N2O4S2/c23-27(24,21-13-3-1-4-14-21)19-11-7-10-18-17(19)9-8-12-20(18)28(25,26)22-15-5-2-6-16-22/h7-12H,1-6,13-16H2. The van der Waals surface area contributed by atoms with Gasteiger partial charge in [-0.25, -0.2) is 16.8 Å². The predicted molar refractivity (Wildman–Crippen MR) is 109 cm³/mol. The molecule has 0 unspecified atom stereocenters. The number of sulfonamides is 2. The van der Waals surface area contributed by atoms with E-state index in [1.54, 1.807) is 36.4 Å². The van der Waals surface area contributed by atoms with Crippen molar-refractivity contribution in [2.75, 3.05) is 26.2 Å². The van der Waals surface area contributed by atoms with Gasteiger partial charge in [-0.2, -0.15) is 8.61 Å². The second kappa shape index (κ2) is 7.74. The van der Waals surface area contributed by atoms with Crippen LogP contribution in [0.5, 0.6) is 0 Å². The van der Waals surface area contributed by atoms with E-state index in [-0.39, 0.29) is 9.79 Å².